The van der Waals surface area contributed by atoms with Crippen molar-refractivity contribution in [2.75, 3.05) is 33.4 Å². The van der Waals surface area contributed by atoms with Gasteiger partial charge in [-0.2, -0.15) is 0 Å². The third kappa shape index (κ3) is 5.17. The van der Waals surface area contributed by atoms with Crippen LogP contribution in [0.15, 0.2) is 28.7 Å². The molecule has 4 heteroatoms. The van der Waals surface area contributed by atoms with Crippen molar-refractivity contribution in [3.8, 4) is 0 Å². The van der Waals surface area contributed by atoms with Crippen molar-refractivity contribution in [1.29, 1.82) is 0 Å². The van der Waals surface area contributed by atoms with Gasteiger partial charge in [0.2, 0.25) is 0 Å². The zero-order chi connectivity index (χ0) is 14.4. The lowest BCUT2D eigenvalue weighted by Crippen LogP contribution is -2.32. The van der Waals surface area contributed by atoms with Crippen molar-refractivity contribution in [2.24, 2.45) is 5.92 Å². The lowest BCUT2D eigenvalue weighted by atomic mass is 10.0. The van der Waals surface area contributed by atoms with Gasteiger partial charge >= 0.3 is 0 Å². The van der Waals surface area contributed by atoms with Crippen molar-refractivity contribution < 1.29 is 9.84 Å². The van der Waals surface area contributed by atoms with Crippen LogP contribution < -0.4 is 0 Å². The molecule has 2 atom stereocenters. The fourth-order valence-corrected chi connectivity index (χ4v) is 3.12. The first-order chi connectivity index (χ1) is 9.65. The molecule has 0 amide bonds. The number of aliphatic hydroxyl groups excluding tert-OH is 1. The lowest BCUT2D eigenvalue weighted by molar-refractivity contribution is 0.0399. The van der Waals surface area contributed by atoms with Crippen LogP contribution in [0, 0.1) is 5.92 Å². The van der Waals surface area contributed by atoms with Gasteiger partial charge in [-0.1, -0.05) is 28.1 Å². The molecule has 2 unspecified atom stereocenters. The van der Waals surface area contributed by atoms with Crippen LogP contribution in [0.1, 0.15) is 30.9 Å². The van der Waals surface area contributed by atoms with E-state index in [-0.39, 0.29) is 0 Å². The first-order valence-corrected chi connectivity index (χ1v) is 8.14. The molecule has 0 aliphatic carbocycles. The number of ether oxygens (including phenoxy) is 1. The summed E-state index contributed by atoms with van der Waals surface area (Å²) in [5.41, 5.74) is 0.980. The average Bonchev–Trinajstić information content (AvgIpc) is 2.46. The van der Waals surface area contributed by atoms with E-state index in [9.17, 15) is 5.11 Å². The molecule has 0 spiro atoms. The quantitative estimate of drug-likeness (QED) is 0.862. The minimum atomic E-state index is -0.391. The van der Waals surface area contributed by atoms with Gasteiger partial charge in [0.05, 0.1) is 12.7 Å². The molecule has 1 fully saturated rings. The fraction of sp³-hybridized carbons (Fsp3) is 0.625. The third-order valence-electron chi connectivity index (χ3n) is 3.84. The van der Waals surface area contributed by atoms with Gasteiger partial charge in [0.25, 0.3) is 0 Å². The first kappa shape index (κ1) is 16.0. The van der Waals surface area contributed by atoms with E-state index in [1.54, 1.807) is 0 Å². The van der Waals surface area contributed by atoms with Gasteiger partial charge in [-0.05, 0) is 49.9 Å². The van der Waals surface area contributed by atoms with E-state index in [4.69, 9.17) is 4.74 Å². The van der Waals surface area contributed by atoms with Crippen LogP contribution in [0.4, 0.5) is 0 Å². The van der Waals surface area contributed by atoms with Gasteiger partial charge in [-0.15, -0.1) is 0 Å². The highest BCUT2D eigenvalue weighted by molar-refractivity contribution is 9.10. The van der Waals surface area contributed by atoms with Crippen LogP contribution in [0.5, 0.6) is 0 Å². The highest BCUT2D eigenvalue weighted by Crippen LogP contribution is 2.21. The van der Waals surface area contributed by atoms with Gasteiger partial charge < -0.3 is 14.7 Å². The van der Waals surface area contributed by atoms with E-state index in [1.807, 2.05) is 24.3 Å². The molecule has 1 aliphatic rings. The molecule has 1 saturated heterocycles. The lowest BCUT2D eigenvalue weighted by Gasteiger charge is -2.27. The first-order valence-electron chi connectivity index (χ1n) is 7.35. The van der Waals surface area contributed by atoms with Crippen molar-refractivity contribution in [1.82, 2.24) is 4.90 Å². The van der Waals surface area contributed by atoms with Crippen molar-refractivity contribution in [3.63, 3.8) is 0 Å². The molecule has 112 valence electrons. The highest BCUT2D eigenvalue weighted by atomic mass is 79.9. The predicted molar refractivity (Wildman–Crippen MR) is 84.8 cm³/mol. The summed E-state index contributed by atoms with van der Waals surface area (Å²) in [5.74, 6) is 0.650. The Kier molecular flexibility index (Phi) is 6.49. The Morgan fingerprint density at radius 2 is 2.35 bits per heavy atom. The molecule has 3 nitrogen and oxygen atoms in total. The molecule has 1 heterocycles. The van der Waals surface area contributed by atoms with Crippen LogP contribution in [-0.4, -0.2) is 43.4 Å². The standard InChI is InChI=1S/C16H24BrNO2/c1-18(11-13-4-3-9-20-12-13)8-7-16(19)14-5-2-6-15(17)10-14/h2,5-6,10,13,16,19H,3-4,7-9,11-12H2,1H3. The molecule has 2 rings (SSSR count). The maximum Gasteiger partial charge on any atom is 0.0802 e. The molecule has 20 heavy (non-hydrogen) atoms. The SMILES string of the molecule is CN(CCC(O)c1cccc(Br)c1)CC1CCCOC1. The molecule has 1 N–H and O–H groups in total. The monoisotopic (exact) mass is 341 g/mol. The Morgan fingerprint density at radius 3 is 3.05 bits per heavy atom. The maximum atomic E-state index is 10.2. The van der Waals surface area contributed by atoms with Crippen LogP contribution in [-0.2, 0) is 4.74 Å². The summed E-state index contributed by atoms with van der Waals surface area (Å²) in [4.78, 5) is 2.31. The molecule has 1 aromatic carbocycles. The second-order valence-corrected chi connectivity index (χ2v) is 6.62. The number of nitrogens with zero attached hydrogens (tertiary/aromatic N) is 1. The topological polar surface area (TPSA) is 32.7 Å². The molecule has 1 aliphatic heterocycles. The molecule has 1 aromatic rings. The van der Waals surface area contributed by atoms with Crippen molar-refractivity contribution >= 4 is 15.9 Å². The van der Waals surface area contributed by atoms with E-state index >= 15 is 0 Å². The Balaban J connectivity index is 1.73. The average molecular weight is 342 g/mol. The van der Waals surface area contributed by atoms with Gasteiger partial charge in [0.1, 0.15) is 0 Å². The summed E-state index contributed by atoms with van der Waals surface area (Å²) >= 11 is 3.44. The van der Waals surface area contributed by atoms with Crippen molar-refractivity contribution in [2.45, 2.75) is 25.4 Å². The van der Waals surface area contributed by atoms with E-state index in [2.05, 4.69) is 27.9 Å². The Bertz CT molecular complexity index is 407. The van der Waals surface area contributed by atoms with Crippen LogP contribution >= 0.6 is 15.9 Å². The number of hydrogen-bond acceptors (Lipinski definition) is 3. The molecule has 0 saturated carbocycles. The summed E-state index contributed by atoms with van der Waals surface area (Å²) in [6.07, 6.45) is 2.82. The highest BCUT2D eigenvalue weighted by Gasteiger charge is 2.16. The predicted octanol–water partition coefficient (Wildman–Crippen LogP) is 3.23. The Labute approximate surface area is 130 Å². The summed E-state index contributed by atoms with van der Waals surface area (Å²) in [6.45, 7) is 3.77. The largest absolute Gasteiger partial charge is 0.388 e. The summed E-state index contributed by atoms with van der Waals surface area (Å²) in [5, 5.41) is 10.2. The van der Waals surface area contributed by atoms with E-state index in [1.165, 1.54) is 12.8 Å². The second-order valence-electron chi connectivity index (χ2n) is 5.70. The van der Waals surface area contributed by atoms with Crippen LogP contribution in [0.25, 0.3) is 0 Å². The zero-order valence-corrected chi connectivity index (χ0v) is 13.7. The molecular formula is C16H24BrNO2. The molecule has 0 radical (unpaired) electrons. The minimum absolute atomic E-state index is 0.391. The van der Waals surface area contributed by atoms with Gasteiger partial charge in [-0.3, -0.25) is 0 Å². The van der Waals surface area contributed by atoms with E-state index in [0.717, 1.165) is 42.8 Å². The molecular weight excluding hydrogens is 318 g/mol. The summed E-state index contributed by atoms with van der Waals surface area (Å²) in [7, 11) is 2.13. The minimum Gasteiger partial charge on any atom is -0.388 e. The summed E-state index contributed by atoms with van der Waals surface area (Å²) < 4.78 is 6.53. The fourth-order valence-electron chi connectivity index (χ4n) is 2.71. The maximum absolute atomic E-state index is 10.2. The zero-order valence-electron chi connectivity index (χ0n) is 12.1. The normalized spacial score (nSPS) is 21.1. The Morgan fingerprint density at radius 1 is 1.50 bits per heavy atom. The molecule has 0 aromatic heterocycles. The third-order valence-corrected chi connectivity index (χ3v) is 4.34. The smallest absolute Gasteiger partial charge is 0.0802 e. The number of halogens is 1. The van der Waals surface area contributed by atoms with Gasteiger partial charge in [0, 0.05) is 24.2 Å². The summed E-state index contributed by atoms with van der Waals surface area (Å²) in [6, 6.07) is 7.90. The van der Waals surface area contributed by atoms with Gasteiger partial charge in [-0.25, -0.2) is 0 Å². The van der Waals surface area contributed by atoms with Crippen molar-refractivity contribution in [3.05, 3.63) is 34.3 Å². The van der Waals surface area contributed by atoms with E-state index < -0.39 is 6.10 Å². The number of aliphatic hydroxyl groups is 1. The van der Waals surface area contributed by atoms with Crippen LogP contribution in [0.3, 0.4) is 0 Å². The number of hydrogen-bond donors (Lipinski definition) is 1. The van der Waals surface area contributed by atoms with E-state index in [0.29, 0.717) is 5.92 Å². The Hall–Kier alpha value is -0.420. The number of benzene rings is 1. The molecule has 0 bridgehead atoms. The van der Waals surface area contributed by atoms with Crippen LogP contribution in [0.2, 0.25) is 0 Å². The second kappa shape index (κ2) is 8.13. The van der Waals surface area contributed by atoms with Gasteiger partial charge in [0.15, 0.2) is 0 Å². The number of rotatable bonds is 6.